The van der Waals surface area contributed by atoms with Gasteiger partial charge >= 0.3 is 0 Å². The summed E-state index contributed by atoms with van der Waals surface area (Å²) >= 11 is 0. The minimum atomic E-state index is -4.26. The van der Waals surface area contributed by atoms with Gasteiger partial charge in [-0.3, -0.25) is 9.35 Å². The standard InChI is InChI=1S/C27H55NO5S/c1-3-5-7-9-11-13-15-17-19-21-23-28(24-26(29)25-34(31,32)33)27(30)22-20-18-16-14-12-10-8-6-4-2/h26,29H,3-25H2,1-2H3,(H,31,32,33). The Bertz CT molecular complexity index is 567. The highest BCUT2D eigenvalue weighted by atomic mass is 32.2. The zero-order valence-electron chi connectivity index (χ0n) is 22.3. The Morgan fingerprint density at radius 1 is 0.676 bits per heavy atom. The average molecular weight is 506 g/mol. The van der Waals surface area contributed by atoms with Gasteiger partial charge in [0, 0.05) is 19.5 Å². The lowest BCUT2D eigenvalue weighted by Crippen LogP contribution is -2.40. The molecule has 0 aliphatic heterocycles. The summed E-state index contributed by atoms with van der Waals surface area (Å²) in [6.07, 6.45) is 21.9. The van der Waals surface area contributed by atoms with Crippen LogP contribution in [0.25, 0.3) is 0 Å². The summed E-state index contributed by atoms with van der Waals surface area (Å²) in [7, 11) is -4.26. The fourth-order valence-electron chi connectivity index (χ4n) is 4.40. The number of carbonyl (C=O) groups is 1. The van der Waals surface area contributed by atoms with Gasteiger partial charge in [0.2, 0.25) is 5.91 Å². The highest BCUT2D eigenvalue weighted by Crippen LogP contribution is 2.14. The Kier molecular flexibility index (Phi) is 22.3. The largest absolute Gasteiger partial charge is 0.390 e. The average Bonchev–Trinajstić information content (AvgIpc) is 2.77. The van der Waals surface area contributed by atoms with Crippen LogP contribution in [0, 0.1) is 0 Å². The maximum Gasteiger partial charge on any atom is 0.267 e. The van der Waals surface area contributed by atoms with Gasteiger partial charge in [-0.2, -0.15) is 8.42 Å². The highest BCUT2D eigenvalue weighted by Gasteiger charge is 2.21. The molecule has 1 atom stereocenters. The summed E-state index contributed by atoms with van der Waals surface area (Å²) in [4.78, 5) is 14.3. The molecule has 7 heteroatoms. The van der Waals surface area contributed by atoms with Crippen LogP contribution in [0.5, 0.6) is 0 Å². The second-order valence-electron chi connectivity index (χ2n) is 10.0. The van der Waals surface area contributed by atoms with Crippen LogP contribution in [0.15, 0.2) is 0 Å². The van der Waals surface area contributed by atoms with Crippen LogP contribution >= 0.6 is 0 Å². The van der Waals surface area contributed by atoms with Crippen LogP contribution in [0.4, 0.5) is 0 Å². The fraction of sp³-hybridized carbons (Fsp3) is 0.963. The number of amides is 1. The number of hydrogen-bond acceptors (Lipinski definition) is 4. The second-order valence-corrected chi connectivity index (χ2v) is 11.5. The van der Waals surface area contributed by atoms with Crippen LogP contribution in [0.3, 0.4) is 0 Å². The van der Waals surface area contributed by atoms with E-state index in [1.54, 1.807) is 4.90 Å². The Balaban J connectivity index is 4.21. The van der Waals surface area contributed by atoms with Crippen LogP contribution in [0.1, 0.15) is 142 Å². The first-order valence-electron chi connectivity index (χ1n) is 14.2. The Hall–Kier alpha value is -0.660. The van der Waals surface area contributed by atoms with E-state index >= 15 is 0 Å². The molecule has 1 amide bonds. The molecule has 2 N–H and O–H groups in total. The van der Waals surface area contributed by atoms with Gasteiger partial charge in [0.05, 0.1) is 6.10 Å². The number of aliphatic hydroxyl groups excluding tert-OH is 1. The molecule has 0 saturated carbocycles. The summed E-state index contributed by atoms with van der Waals surface area (Å²) in [5.74, 6) is -0.749. The summed E-state index contributed by atoms with van der Waals surface area (Å²) in [5.41, 5.74) is 0. The molecule has 0 spiro atoms. The maximum atomic E-state index is 12.7. The van der Waals surface area contributed by atoms with Crippen molar-refractivity contribution in [1.82, 2.24) is 4.90 Å². The lowest BCUT2D eigenvalue weighted by Gasteiger charge is -2.25. The van der Waals surface area contributed by atoms with Crippen LogP contribution in [-0.4, -0.2) is 53.8 Å². The number of unbranched alkanes of at least 4 members (excludes halogenated alkanes) is 17. The molecule has 0 aromatic rings. The summed E-state index contributed by atoms with van der Waals surface area (Å²) in [6, 6.07) is 0. The number of carbonyl (C=O) groups excluding carboxylic acids is 1. The first-order chi connectivity index (χ1) is 16.3. The van der Waals surface area contributed by atoms with Gasteiger partial charge in [0.15, 0.2) is 0 Å². The first kappa shape index (κ1) is 33.3. The van der Waals surface area contributed by atoms with E-state index in [0.717, 1.165) is 38.5 Å². The predicted molar refractivity (Wildman–Crippen MR) is 143 cm³/mol. The predicted octanol–water partition coefficient (Wildman–Crippen LogP) is 6.91. The zero-order chi connectivity index (χ0) is 25.5. The van der Waals surface area contributed by atoms with Gasteiger partial charge in [-0.15, -0.1) is 0 Å². The maximum absolute atomic E-state index is 12.7. The SMILES string of the molecule is CCCCCCCCCCCCN(CC(O)CS(=O)(=O)O)C(=O)CCCCCCCCCCC. The van der Waals surface area contributed by atoms with Crippen LogP contribution in [-0.2, 0) is 14.9 Å². The molecule has 0 radical (unpaired) electrons. The van der Waals surface area contributed by atoms with Gasteiger partial charge in [0.1, 0.15) is 5.75 Å². The minimum Gasteiger partial charge on any atom is -0.390 e. The number of rotatable bonds is 25. The van der Waals surface area contributed by atoms with Gasteiger partial charge in [-0.05, 0) is 12.8 Å². The van der Waals surface area contributed by atoms with E-state index in [9.17, 15) is 18.3 Å². The Labute approximate surface area is 211 Å². The molecule has 0 fully saturated rings. The molecule has 1 unspecified atom stereocenters. The fourth-order valence-corrected chi connectivity index (χ4v) is 4.99. The molecule has 0 rings (SSSR count). The van der Waals surface area contributed by atoms with E-state index in [2.05, 4.69) is 13.8 Å². The van der Waals surface area contributed by atoms with Crippen molar-refractivity contribution in [2.45, 2.75) is 148 Å². The van der Waals surface area contributed by atoms with Gasteiger partial charge < -0.3 is 10.0 Å². The molecule has 0 aromatic heterocycles. The van der Waals surface area contributed by atoms with E-state index in [-0.39, 0.29) is 12.5 Å². The lowest BCUT2D eigenvalue weighted by atomic mass is 10.1. The molecular formula is C27H55NO5S. The molecule has 34 heavy (non-hydrogen) atoms. The van der Waals surface area contributed by atoms with Crippen molar-refractivity contribution in [2.24, 2.45) is 0 Å². The highest BCUT2D eigenvalue weighted by molar-refractivity contribution is 7.85. The molecule has 6 nitrogen and oxygen atoms in total. The minimum absolute atomic E-state index is 0.0201. The normalized spacial score (nSPS) is 12.7. The number of nitrogens with zero attached hydrogens (tertiary/aromatic N) is 1. The summed E-state index contributed by atoms with van der Waals surface area (Å²) in [6.45, 7) is 4.95. The monoisotopic (exact) mass is 505 g/mol. The Morgan fingerprint density at radius 2 is 1.06 bits per heavy atom. The van der Waals surface area contributed by atoms with Gasteiger partial charge in [-0.25, -0.2) is 0 Å². The van der Waals surface area contributed by atoms with Crippen LogP contribution < -0.4 is 0 Å². The number of hydrogen-bond donors (Lipinski definition) is 2. The summed E-state index contributed by atoms with van der Waals surface area (Å²) < 4.78 is 31.2. The van der Waals surface area contributed by atoms with E-state index in [1.807, 2.05) is 0 Å². The van der Waals surface area contributed by atoms with Crippen molar-refractivity contribution in [2.75, 3.05) is 18.8 Å². The molecule has 0 aromatic carbocycles. The third-order valence-electron chi connectivity index (χ3n) is 6.46. The molecular weight excluding hydrogens is 450 g/mol. The Morgan fingerprint density at radius 3 is 1.47 bits per heavy atom. The van der Waals surface area contributed by atoms with E-state index in [4.69, 9.17) is 4.55 Å². The molecule has 0 aliphatic carbocycles. The van der Waals surface area contributed by atoms with Crippen molar-refractivity contribution in [3.8, 4) is 0 Å². The molecule has 0 aliphatic rings. The molecule has 204 valence electrons. The smallest absolute Gasteiger partial charge is 0.267 e. The summed E-state index contributed by atoms with van der Waals surface area (Å²) in [5, 5.41) is 10.1. The van der Waals surface area contributed by atoms with E-state index in [1.165, 1.54) is 83.5 Å². The van der Waals surface area contributed by atoms with Crippen LogP contribution in [0.2, 0.25) is 0 Å². The second kappa shape index (κ2) is 22.8. The molecule has 0 heterocycles. The van der Waals surface area contributed by atoms with Crippen molar-refractivity contribution >= 4 is 16.0 Å². The third kappa shape index (κ3) is 23.1. The number of aliphatic hydroxyl groups is 1. The third-order valence-corrected chi connectivity index (χ3v) is 7.27. The van der Waals surface area contributed by atoms with Crippen molar-refractivity contribution < 1.29 is 22.9 Å². The molecule has 0 bridgehead atoms. The zero-order valence-corrected chi connectivity index (χ0v) is 23.1. The van der Waals surface area contributed by atoms with Crippen molar-refractivity contribution in [3.05, 3.63) is 0 Å². The topological polar surface area (TPSA) is 94.9 Å². The van der Waals surface area contributed by atoms with Crippen molar-refractivity contribution in [1.29, 1.82) is 0 Å². The molecule has 0 saturated heterocycles. The quantitative estimate of drug-likeness (QED) is 0.104. The first-order valence-corrected chi connectivity index (χ1v) is 15.8. The van der Waals surface area contributed by atoms with Crippen molar-refractivity contribution in [3.63, 3.8) is 0 Å². The van der Waals surface area contributed by atoms with E-state index < -0.39 is 22.0 Å². The van der Waals surface area contributed by atoms with Gasteiger partial charge in [0.25, 0.3) is 10.1 Å². The van der Waals surface area contributed by atoms with Gasteiger partial charge in [-0.1, -0.05) is 123 Å². The van der Waals surface area contributed by atoms with E-state index in [0.29, 0.717) is 13.0 Å². The lowest BCUT2D eigenvalue weighted by molar-refractivity contribution is -0.132.